The van der Waals surface area contributed by atoms with E-state index >= 15 is 8.78 Å². The molecular weight excluding hydrogens is 575 g/mol. The molecule has 0 bridgehead atoms. The Kier molecular flexibility index (Phi) is 9.33. The second kappa shape index (κ2) is 11.8. The molecule has 216 valence electrons. The Balaban J connectivity index is 1.93. The van der Waals surface area contributed by atoms with Crippen LogP contribution in [-0.2, 0) is 23.4 Å². The highest BCUT2D eigenvalue weighted by Gasteiger charge is 2.69. The maximum atomic E-state index is 15.2. The Morgan fingerprint density at radius 2 is 1.95 bits per heavy atom. The second-order valence-corrected chi connectivity index (χ2v) is 10.9. The van der Waals surface area contributed by atoms with Gasteiger partial charge in [0.1, 0.15) is 23.8 Å². The van der Waals surface area contributed by atoms with E-state index < -0.39 is 74.6 Å². The van der Waals surface area contributed by atoms with Crippen LogP contribution in [0.4, 0.5) is 23.4 Å². The predicted molar refractivity (Wildman–Crippen MR) is 131 cm³/mol. The number of nitrogens with one attached hydrogen (secondary N) is 1. The van der Waals surface area contributed by atoms with Crippen molar-refractivity contribution in [3.63, 3.8) is 0 Å². The highest BCUT2D eigenvalue weighted by molar-refractivity contribution is 7.52. The largest absolute Gasteiger partial charge is 0.462 e. The summed E-state index contributed by atoms with van der Waals surface area (Å²) in [6, 6.07) is 5.85. The van der Waals surface area contributed by atoms with Gasteiger partial charge >= 0.3 is 19.4 Å². The van der Waals surface area contributed by atoms with Gasteiger partial charge in [0.05, 0.1) is 24.2 Å². The zero-order chi connectivity index (χ0) is 29.2. The molecule has 11 nitrogen and oxygen atoms in total. The van der Waals surface area contributed by atoms with Crippen molar-refractivity contribution in [1.82, 2.24) is 14.6 Å². The molecule has 0 aliphatic carbocycles. The molecule has 1 aliphatic rings. The monoisotopic (exact) mass is 600 g/mol. The minimum absolute atomic E-state index is 0.0880. The summed E-state index contributed by atoms with van der Waals surface area (Å²) in [6.07, 6.45) is -7.00. The second-order valence-electron chi connectivity index (χ2n) is 8.85. The molecule has 1 aromatic carbocycles. The number of anilines is 1. The summed E-state index contributed by atoms with van der Waals surface area (Å²) >= 11 is 5.81. The highest BCUT2D eigenvalue weighted by Crippen LogP contribution is 2.54. The van der Waals surface area contributed by atoms with Gasteiger partial charge in [-0.05, 0) is 32.9 Å². The first-order chi connectivity index (χ1) is 18.1. The third-order valence-electron chi connectivity index (χ3n) is 5.47. The molecule has 39 heavy (non-hydrogen) atoms. The lowest BCUT2D eigenvalue weighted by Gasteiger charge is -2.34. The molecule has 2 heterocycles. The fraction of sp³-hybridized carbons (Fsp3) is 0.500. The van der Waals surface area contributed by atoms with Crippen molar-refractivity contribution < 1.29 is 45.4 Å². The molecule has 3 N–H and O–H groups in total. The molecular formula is C22H26ClF4N4O7P. The number of halogens is 5. The van der Waals surface area contributed by atoms with Crippen molar-refractivity contribution in [2.75, 3.05) is 12.3 Å². The molecule has 4 atom stereocenters. The molecule has 17 heteroatoms. The number of nitrogen functional groups attached to an aromatic ring is 1. The van der Waals surface area contributed by atoms with Crippen LogP contribution in [-0.4, -0.2) is 52.2 Å². The van der Waals surface area contributed by atoms with Crippen LogP contribution in [0.5, 0.6) is 5.75 Å². The summed E-state index contributed by atoms with van der Waals surface area (Å²) in [7, 11) is -4.82. The van der Waals surface area contributed by atoms with E-state index in [1.54, 1.807) is 19.9 Å². The van der Waals surface area contributed by atoms with Crippen molar-refractivity contribution in [1.29, 1.82) is 0 Å². The van der Waals surface area contributed by atoms with E-state index in [0.717, 1.165) is 6.20 Å². The molecule has 1 unspecified atom stereocenters. The lowest BCUT2D eigenvalue weighted by molar-refractivity contribution is -0.237. The van der Waals surface area contributed by atoms with Gasteiger partial charge in [0.15, 0.2) is 0 Å². The number of alkyl halides is 4. The fourth-order valence-electron chi connectivity index (χ4n) is 3.51. The fourth-order valence-corrected chi connectivity index (χ4v) is 5.18. The van der Waals surface area contributed by atoms with Crippen molar-refractivity contribution in [3.8, 4) is 5.75 Å². The summed E-state index contributed by atoms with van der Waals surface area (Å²) in [5.74, 6) is -5.71. The number of carbonyl (C=O) groups excluding carboxylic acids is 1. The number of aromatic nitrogens is 2. The van der Waals surface area contributed by atoms with Crippen molar-refractivity contribution in [3.05, 3.63) is 52.0 Å². The van der Waals surface area contributed by atoms with E-state index in [1.165, 1.54) is 31.2 Å². The maximum absolute atomic E-state index is 15.2. The maximum Gasteiger partial charge on any atom is 0.459 e. The van der Waals surface area contributed by atoms with Gasteiger partial charge in [-0.15, -0.1) is 0 Å². The Labute approximate surface area is 225 Å². The number of nitrogens with zero attached hydrogens (tertiary/aromatic N) is 2. The van der Waals surface area contributed by atoms with Crippen LogP contribution >= 0.6 is 19.3 Å². The molecule has 2 aromatic rings. The van der Waals surface area contributed by atoms with E-state index in [2.05, 4.69) is 10.1 Å². The van der Waals surface area contributed by atoms with E-state index in [1.807, 2.05) is 0 Å². The number of para-hydroxylation sites is 1. The zero-order valence-electron chi connectivity index (χ0n) is 20.9. The number of benzene rings is 1. The number of ether oxygens (including phenoxy) is 2. The van der Waals surface area contributed by atoms with E-state index in [9.17, 15) is 22.9 Å². The number of rotatable bonds is 11. The number of nitrogens with two attached hydrogens (primary N) is 1. The predicted octanol–water partition coefficient (Wildman–Crippen LogP) is 4.17. The van der Waals surface area contributed by atoms with Gasteiger partial charge in [-0.3, -0.25) is 13.9 Å². The summed E-state index contributed by atoms with van der Waals surface area (Å²) in [4.78, 5) is 27.8. The molecule has 0 amide bonds. The van der Waals surface area contributed by atoms with Gasteiger partial charge in [0, 0.05) is 6.20 Å². The van der Waals surface area contributed by atoms with Crippen LogP contribution < -0.4 is 21.0 Å². The normalized spacial score (nSPS) is 23.0. The van der Waals surface area contributed by atoms with E-state index in [4.69, 9.17) is 35.9 Å². The van der Waals surface area contributed by atoms with E-state index in [-0.39, 0.29) is 10.8 Å². The molecule has 1 fully saturated rings. The molecule has 0 saturated carbocycles. The Bertz CT molecular complexity index is 1290. The van der Waals surface area contributed by atoms with Crippen molar-refractivity contribution in [2.45, 2.75) is 63.5 Å². The SMILES string of the molecule is CC(C)OC(=O)[C@H](C)NP(=O)(OC[C@@]1(C(F)F)O[C@@H](n2cc(Cl)c(N)nc2=O)CC1(F)F)Oc1ccccc1. The summed E-state index contributed by atoms with van der Waals surface area (Å²) in [5, 5.41) is 1.91. The first kappa shape index (κ1) is 30.8. The van der Waals surface area contributed by atoms with Gasteiger partial charge < -0.3 is 19.7 Å². The van der Waals surface area contributed by atoms with Crippen molar-refractivity contribution >= 4 is 31.1 Å². The number of carbonyl (C=O) groups is 1. The van der Waals surface area contributed by atoms with Crippen molar-refractivity contribution in [2.24, 2.45) is 0 Å². The van der Waals surface area contributed by atoms with Gasteiger partial charge in [0.2, 0.25) is 5.60 Å². The molecule has 1 saturated heterocycles. The highest BCUT2D eigenvalue weighted by atomic mass is 35.5. The smallest absolute Gasteiger partial charge is 0.459 e. The lowest BCUT2D eigenvalue weighted by Crippen LogP contribution is -2.54. The van der Waals surface area contributed by atoms with Crippen LogP contribution in [0.3, 0.4) is 0 Å². The Morgan fingerprint density at radius 1 is 1.31 bits per heavy atom. The Morgan fingerprint density at radius 3 is 2.54 bits per heavy atom. The average molecular weight is 601 g/mol. The molecule has 0 radical (unpaired) electrons. The van der Waals surface area contributed by atoms with Crippen LogP contribution in [0.25, 0.3) is 0 Å². The quantitative estimate of drug-likeness (QED) is 0.219. The van der Waals surface area contributed by atoms with Crippen LogP contribution in [0.2, 0.25) is 5.02 Å². The van der Waals surface area contributed by atoms with E-state index in [0.29, 0.717) is 4.57 Å². The molecule has 1 aromatic heterocycles. The zero-order valence-corrected chi connectivity index (χ0v) is 22.5. The summed E-state index contributed by atoms with van der Waals surface area (Å²) in [6.45, 7) is 2.65. The van der Waals surface area contributed by atoms with Crippen LogP contribution in [0.15, 0.2) is 41.3 Å². The average Bonchev–Trinajstić information content (AvgIpc) is 3.11. The molecule has 3 rings (SSSR count). The van der Waals surface area contributed by atoms with Gasteiger partial charge in [-0.2, -0.15) is 10.1 Å². The van der Waals surface area contributed by atoms with Gasteiger partial charge in [-0.1, -0.05) is 29.8 Å². The summed E-state index contributed by atoms with van der Waals surface area (Å²) in [5.41, 5.74) is 0.549. The number of hydrogen-bond donors (Lipinski definition) is 2. The standard InChI is InChI=1S/C22H26ClF4N4O7P/c1-12(2)36-18(32)13(3)30-39(34,38-14-7-5-4-6-8-14)35-11-21(19(24)25)22(26,27)9-16(37-21)31-10-15(23)17(28)29-20(31)33/h4-8,10,12-13,16,19H,9,11H2,1-3H3,(H,30,34)(H2,28,29,33)/t13-,16+,21-,39?/m0/s1. The lowest BCUT2D eigenvalue weighted by atomic mass is 9.97. The van der Waals surface area contributed by atoms with Gasteiger partial charge in [0.25, 0.3) is 12.3 Å². The molecule has 0 spiro atoms. The summed E-state index contributed by atoms with van der Waals surface area (Å²) < 4.78 is 93.5. The Hall–Kier alpha value is -2.71. The number of hydrogen-bond acceptors (Lipinski definition) is 9. The van der Waals surface area contributed by atoms with Gasteiger partial charge in [-0.25, -0.2) is 26.9 Å². The molecule has 1 aliphatic heterocycles. The minimum Gasteiger partial charge on any atom is -0.462 e. The van der Waals surface area contributed by atoms with Crippen LogP contribution in [0.1, 0.15) is 33.4 Å². The first-order valence-corrected chi connectivity index (χ1v) is 13.4. The third-order valence-corrected chi connectivity index (χ3v) is 7.38. The van der Waals surface area contributed by atoms with Crippen LogP contribution in [0, 0.1) is 0 Å². The number of esters is 1. The first-order valence-electron chi connectivity index (χ1n) is 11.4. The topological polar surface area (TPSA) is 144 Å². The third kappa shape index (κ3) is 6.90. The minimum atomic E-state index is -4.82.